The first kappa shape index (κ1) is 16.1. The van der Waals surface area contributed by atoms with Gasteiger partial charge >= 0.3 is 0 Å². The van der Waals surface area contributed by atoms with Crippen molar-refractivity contribution < 1.29 is 18.0 Å². The zero-order valence-corrected chi connectivity index (χ0v) is 13.7. The summed E-state index contributed by atoms with van der Waals surface area (Å²) in [5, 5.41) is 2.65. The standard InChI is InChI=1S/C16H15N3O4S/c1-11(13-7-4-5-9-17-13)18-15(20)10-19-16(21)12-6-2-3-8-14(12)24(19,22)23/h2-9,11H,10H2,1H3,(H,18,20)/t11-/m1/s1. The van der Waals surface area contributed by atoms with Gasteiger partial charge in [0, 0.05) is 6.20 Å². The van der Waals surface area contributed by atoms with Crippen LogP contribution in [0.3, 0.4) is 0 Å². The van der Waals surface area contributed by atoms with Crippen LogP contribution in [0.15, 0.2) is 53.6 Å². The highest BCUT2D eigenvalue weighted by Crippen LogP contribution is 2.29. The average molecular weight is 345 g/mol. The predicted molar refractivity (Wildman–Crippen MR) is 85.5 cm³/mol. The Hall–Kier alpha value is -2.74. The molecule has 1 atom stereocenters. The number of hydrogen-bond acceptors (Lipinski definition) is 5. The zero-order valence-electron chi connectivity index (χ0n) is 12.8. The Morgan fingerprint density at radius 3 is 2.58 bits per heavy atom. The first-order chi connectivity index (χ1) is 11.4. The fourth-order valence-corrected chi connectivity index (χ4v) is 4.04. The lowest BCUT2D eigenvalue weighted by Crippen LogP contribution is -2.41. The second kappa shape index (κ2) is 6.04. The average Bonchev–Trinajstić information content (AvgIpc) is 2.77. The van der Waals surface area contributed by atoms with E-state index in [1.807, 2.05) is 0 Å². The molecule has 0 fully saturated rings. The molecule has 24 heavy (non-hydrogen) atoms. The number of aromatic nitrogens is 1. The minimum absolute atomic E-state index is 0.0689. The summed E-state index contributed by atoms with van der Waals surface area (Å²) < 4.78 is 25.4. The fourth-order valence-electron chi connectivity index (χ4n) is 2.51. The Labute approximate surface area is 139 Å². The lowest BCUT2D eigenvalue weighted by atomic mass is 10.2. The Balaban J connectivity index is 1.75. The minimum Gasteiger partial charge on any atom is -0.346 e. The molecule has 0 spiro atoms. The summed E-state index contributed by atoms with van der Waals surface area (Å²) in [7, 11) is -3.98. The van der Waals surface area contributed by atoms with E-state index in [9.17, 15) is 18.0 Å². The van der Waals surface area contributed by atoms with Gasteiger partial charge in [-0.1, -0.05) is 18.2 Å². The summed E-state index contributed by atoms with van der Waals surface area (Å²) in [6, 6.07) is 10.8. The van der Waals surface area contributed by atoms with E-state index >= 15 is 0 Å². The van der Waals surface area contributed by atoms with Crippen LogP contribution in [0.4, 0.5) is 0 Å². The van der Waals surface area contributed by atoms with Crippen molar-refractivity contribution in [1.29, 1.82) is 0 Å². The molecule has 1 N–H and O–H groups in total. The number of benzene rings is 1. The topological polar surface area (TPSA) is 96.4 Å². The van der Waals surface area contributed by atoms with E-state index in [0.29, 0.717) is 10.00 Å². The van der Waals surface area contributed by atoms with Gasteiger partial charge in [0.2, 0.25) is 5.91 Å². The van der Waals surface area contributed by atoms with Gasteiger partial charge in [0.05, 0.1) is 17.3 Å². The third-order valence-corrected chi connectivity index (χ3v) is 5.50. The SMILES string of the molecule is C[C@@H](NC(=O)CN1C(=O)c2ccccc2S1(=O)=O)c1ccccn1. The molecule has 1 aromatic carbocycles. The molecule has 1 aliphatic rings. The molecule has 2 aromatic rings. The van der Waals surface area contributed by atoms with Gasteiger partial charge in [-0.3, -0.25) is 14.6 Å². The van der Waals surface area contributed by atoms with Gasteiger partial charge in [-0.05, 0) is 31.2 Å². The van der Waals surface area contributed by atoms with E-state index < -0.39 is 34.4 Å². The summed E-state index contributed by atoms with van der Waals surface area (Å²) in [5.41, 5.74) is 0.729. The van der Waals surface area contributed by atoms with Crippen molar-refractivity contribution in [2.75, 3.05) is 6.54 Å². The van der Waals surface area contributed by atoms with Crippen LogP contribution in [0.25, 0.3) is 0 Å². The molecule has 0 unspecified atom stereocenters. The molecule has 0 saturated heterocycles. The molecule has 1 aromatic heterocycles. The number of hydrogen-bond donors (Lipinski definition) is 1. The molecule has 0 aliphatic carbocycles. The van der Waals surface area contributed by atoms with Crippen molar-refractivity contribution in [2.45, 2.75) is 17.9 Å². The van der Waals surface area contributed by atoms with Crippen molar-refractivity contribution >= 4 is 21.8 Å². The highest BCUT2D eigenvalue weighted by molar-refractivity contribution is 7.90. The Morgan fingerprint density at radius 2 is 1.92 bits per heavy atom. The van der Waals surface area contributed by atoms with E-state index in [4.69, 9.17) is 0 Å². The third kappa shape index (κ3) is 2.76. The summed E-state index contributed by atoms with van der Waals surface area (Å²) in [6.07, 6.45) is 1.60. The van der Waals surface area contributed by atoms with Crippen molar-refractivity contribution in [3.63, 3.8) is 0 Å². The fraction of sp³-hybridized carbons (Fsp3) is 0.188. The number of amides is 2. The third-order valence-electron chi connectivity index (χ3n) is 3.71. The quantitative estimate of drug-likeness (QED) is 0.895. The van der Waals surface area contributed by atoms with Crippen LogP contribution in [0.1, 0.15) is 29.0 Å². The molecule has 124 valence electrons. The van der Waals surface area contributed by atoms with Crippen molar-refractivity contribution in [1.82, 2.24) is 14.6 Å². The molecule has 7 nitrogen and oxygen atoms in total. The largest absolute Gasteiger partial charge is 0.346 e. The van der Waals surface area contributed by atoms with E-state index in [0.717, 1.165) is 0 Å². The lowest BCUT2D eigenvalue weighted by molar-refractivity contribution is -0.121. The molecule has 8 heteroatoms. The van der Waals surface area contributed by atoms with E-state index in [1.165, 1.54) is 18.2 Å². The minimum atomic E-state index is -3.98. The van der Waals surface area contributed by atoms with Crippen LogP contribution in [0.2, 0.25) is 0 Å². The van der Waals surface area contributed by atoms with Gasteiger partial charge in [-0.25, -0.2) is 12.7 Å². The summed E-state index contributed by atoms with van der Waals surface area (Å²) in [5.74, 6) is -1.26. The first-order valence-corrected chi connectivity index (χ1v) is 8.71. The predicted octanol–water partition coefficient (Wildman–Crippen LogP) is 1.10. The molecular formula is C16H15N3O4S. The van der Waals surface area contributed by atoms with Crippen LogP contribution >= 0.6 is 0 Å². The Morgan fingerprint density at radius 1 is 1.21 bits per heavy atom. The van der Waals surface area contributed by atoms with Gasteiger partial charge in [0.15, 0.2) is 0 Å². The monoisotopic (exact) mass is 345 g/mol. The van der Waals surface area contributed by atoms with E-state index in [2.05, 4.69) is 10.3 Å². The summed E-state index contributed by atoms with van der Waals surface area (Å²) >= 11 is 0. The van der Waals surface area contributed by atoms with Crippen LogP contribution in [-0.2, 0) is 14.8 Å². The van der Waals surface area contributed by atoms with E-state index in [1.54, 1.807) is 37.4 Å². The molecule has 3 rings (SSSR count). The Bertz CT molecular complexity index is 897. The summed E-state index contributed by atoms with van der Waals surface area (Å²) in [4.78, 5) is 28.5. The highest BCUT2D eigenvalue weighted by Gasteiger charge is 2.41. The maximum atomic E-state index is 12.4. The van der Waals surface area contributed by atoms with Crippen molar-refractivity contribution in [2.24, 2.45) is 0 Å². The van der Waals surface area contributed by atoms with Gasteiger partial charge in [-0.2, -0.15) is 0 Å². The molecule has 0 radical (unpaired) electrons. The molecule has 1 aliphatic heterocycles. The van der Waals surface area contributed by atoms with Crippen LogP contribution in [0.5, 0.6) is 0 Å². The normalized spacial score (nSPS) is 16.5. The molecule has 0 saturated carbocycles. The number of sulfonamides is 1. The lowest BCUT2D eigenvalue weighted by Gasteiger charge is -2.17. The van der Waals surface area contributed by atoms with Crippen molar-refractivity contribution in [3.8, 4) is 0 Å². The number of fused-ring (bicyclic) bond motifs is 1. The first-order valence-electron chi connectivity index (χ1n) is 7.27. The maximum Gasteiger partial charge on any atom is 0.269 e. The van der Waals surface area contributed by atoms with Gasteiger partial charge in [0.1, 0.15) is 11.4 Å². The van der Waals surface area contributed by atoms with E-state index in [-0.39, 0.29) is 10.5 Å². The molecule has 0 bridgehead atoms. The van der Waals surface area contributed by atoms with Crippen LogP contribution in [-0.4, -0.2) is 36.1 Å². The Kier molecular flexibility index (Phi) is 4.06. The number of pyridine rings is 1. The van der Waals surface area contributed by atoms with Crippen LogP contribution in [0, 0.1) is 0 Å². The number of rotatable bonds is 4. The van der Waals surface area contributed by atoms with Crippen molar-refractivity contribution in [3.05, 3.63) is 59.9 Å². The maximum absolute atomic E-state index is 12.4. The number of nitrogens with one attached hydrogen (secondary N) is 1. The summed E-state index contributed by atoms with van der Waals surface area (Å²) in [6.45, 7) is 1.17. The smallest absolute Gasteiger partial charge is 0.269 e. The molecule has 2 heterocycles. The second-order valence-corrected chi connectivity index (χ2v) is 7.19. The molecular weight excluding hydrogens is 330 g/mol. The van der Waals surface area contributed by atoms with Gasteiger partial charge < -0.3 is 5.32 Å². The second-order valence-electron chi connectivity index (χ2n) is 5.36. The molecule has 2 amide bonds. The number of carbonyl (C=O) groups is 2. The zero-order chi connectivity index (χ0) is 17.3. The van der Waals surface area contributed by atoms with Gasteiger partial charge in [-0.15, -0.1) is 0 Å². The highest BCUT2D eigenvalue weighted by atomic mass is 32.2. The number of nitrogens with zero attached hydrogens (tertiary/aromatic N) is 2. The van der Waals surface area contributed by atoms with Crippen LogP contribution < -0.4 is 5.32 Å². The van der Waals surface area contributed by atoms with Gasteiger partial charge in [0.25, 0.3) is 15.9 Å². The number of carbonyl (C=O) groups excluding carboxylic acids is 2.